The molecule has 1 unspecified atom stereocenters. The number of nitrogens with zero attached hydrogens (tertiary/aromatic N) is 6. The number of rotatable bonds is 12. The maximum Gasteiger partial charge on any atom is 0.349 e. The number of aliphatic hydroxyl groups excluding tert-OH is 3. The molecule has 0 aromatic carbocycles. The third-order valence-electron chi connectivity index (χ3n) is 7.84. The molecule has 0 radical (unpaired) electrons. The summed E-state index contributed by atoms with van der Waals surface area (Å²) >= 11 is 1.14. The summed E-state index contributed by atoms with van der Waals surface area (Å²) in [5.41, 5.74) is 4.27. The predicted molar refractivity (Wildman–Crippen MR) is 175 cm³/mol. The van der Waals surface area contributed by atoms with Crippen LogP contribution in [-0.2, 0) is 9.30 Å². The number of hydrogen-bond acceptors (Lipinski definition) is 12. The predicted octanol–water partition coefficient (Wildman–Crippen LogP) is 2.67. The van der Waals surface area contributed by atoms with Gasteiger partial charge in [-0.05, 0) is 51.7 Å². The molecule has 1 fully saturated rings. The molecular weight excluding hydrogens is 689 g/mol. The minimum atomic E-state index is -4.41. The lowest BCUT2D eigenvalue weighted by atomic mass is 9.93. The van der Waals surface area contributed by atoms with Gasteiger partial charge < -0.3 is 40.9 Å². The van der Waals surface area contributed by atoms with Crippen molar-refractivity contribution in [2.24, 2.45) is 5.73 Å². The second-order valence-corrected chi connectivity index (χ2v) is 14.3. The molecule has 4 aromatic heterocycles. The Labute approximate surface area is 283 Å². The van der Waals surface area contributed by atoms with Gasteiger partial charge in [0.25, 0.3) is 5.91 Å². The minimum absolute atomic E-state index is 0.00886. The molecule has 0 bridgehead atoms. The van der Waals surface area contributed by atoms with Crippen molar-refractivity contribution in [2.75, 3.05) is 31.7 Å². The van der Waals surface area contributed by atoms with Crippen LogP contribution in [0.25, 0.3) is 22.0 Å². The number of hydrogen-bond donors (Lipinski definition) is 7. The summed E-state index contributed by atoms with van der Waals surface area (Å²) < 4.78 is 48.8. The Hall–Kier alpha value is -3.52. The lowest BCUT2D eigenvalue weighted by Crippen LogP contribution is -2.50. The third kappa shape index (κ3) is 9.59. The van der Waals surface area contributed by atoms with Crippen molar-refractivity contribution >= 4 is 30.5 Å². The first-order valence-electron chi connectivity index (χ1n) is 15.2. The number of anilines is 1. The average molecular weight is 729 g/mol. The molecule has 1 aliphatic rings. The molecular formula is C29H39F2N8O8PS. The van der Waals surface area contributed by atoms with Crippen LogP contribution in [-0.4, -0.2) is 98.6 Å². The Morgan fingerprint density at radius 3 is 2.39 bits per heavy atom. The van der Waals surface area contributed by atoms with Crippen molar-refractivity contribution < 1.29 is 48.0 Å². The van der Waals surface area contributed by atoms with E-state index in [0.29, 0.717) is 17.2 Å². The van der Waals surface area contributed by atoms with Crippen molar-refractivity contribution in [3.63, 3.8) is 0 Å². The van der Waals surface area contributed by atoms with Gasteiger partial charge in [-0.3, -0.25) is 18.7 Å². The number of pyridine rings is 1. The molecule has 0 aliphatic heterocycles. The number of aliphatic hydroxyl groups is 3. The lowest BCUT2D eigenvalue weighted by Gasteiger charge is -2.28. The first kappa shape index (κ1) is 38.3. The molecule has 49 heavy (non-hydrogen) atoms. The summed E-state index contributed by atoms with van der Waals surface area (Å²) in [4.78, 5) is 40.1. The van der Waals surface area contributed by atoms with Crippen LogP contribution in [0.1, 0.15) is 61.8 Å². The molecule has 4 heterocycles. The van der Waals surface area contributed by atoms with Gasteiger partial charge in [-0.25, -0.2) is 14.4 Å². The smallest absolute Gasteiger partial charge is 0.349 e. The van der Waals surface area contributed by atoms with Crippen molar-refractivity contribution in [3.05, 3.63) is 53.6 Å². The van der Waals surface area contributed by atoms with E-state index in [1.807, 2.05) is 6.92 Å². The van der Waals surface area contributed by atoms with Crippen LogP contribution in [0.3, 0.4) is 0 Å². The second-order valence-electron chi connectivity index (χ2n) is 11.5. The van der Waals surface area contributed by atoms with E-state index >= 15 is 0 Å². The first-order chi connectivity index (χ1) is 23.2. The highest BCUT2D eigenvalue weighted by atomic mass is 32.1. The highest BCUT2D eigenvalue weighted by Crippen LogP contribution is 2.48. The van der Waals surface area contributed by atoms with Crippen LogP contribution in [0, 0.1) is 11.8 Å². The van der Waals surface area contributed by atoms with E-state index in [1.165, 1.54) is 24.7 Å². The van der Waals surface area contributed by atoms with Crippen LogP contribution in [0.2, 0.25) is 0 Å². The maximum atomic E-state index is 14.7. The fourth-order valence-corrected chi connectivity index (χ4v) is 6.01. The summed E-state index contributed by atoms with van der Waals surface area (Å²) in [7, 11) is -4.41. The SMILES string of the molecule is CCOC1CCC(n2cc(NC(=O)c3csc(-c4cnn(C(C)P(=O)(O)O)c4)n3)c(-c3nc(F)ccc3F)n2)CC1.NC(CO)(CO)CO. The van der Waals surface area contributed by atoms with Crippen LogP contribution >= 0.6 is 18.9 Å². The molecule has 0 saturated heterocycles. The number of carbonyl (C=O) groups excluding carboxylic acids is 1. The summed E-state index contributed by atoms with van der Waals surface area (Å²) in [5, 5.41) is 38.2. The fourth-order valence-electron chi connectivity index (χ4n) is 4.80. The number of carbonyl (C=O) groups is 1. The molecule has 8 N–H and O–H groups in total. The molecule has 268 valence electrons. The van der Waals surface area contributed by atoms with E-state index in [9.17, 15) is 27.9 Å². The van der Waals surface area contributed by atoms with E-state index < -0.39 is 56.4 Å². The molecule has 20 heteroatoms. The van der Waals surface area contributed by atoms with E-state index in [1.54, 1.807) is 10.9 Å². The molecule has 1 atom stereocenters. The zero-order valence-corrected chi connectivity index (χ0v) is 28.4. The zero-order chi connectivity index (χ0) is 35.9. The lowest BCUT2D eigenvalue weighted by molar-refractivity contribution is 0.0260. The highest BCUT2D eigenvalue weighted by molar-refractivity contribution is 7.51. The molecule has 4 aromatic rings. The van der Waals surface area contributed by atoms with Gasteiger partial charge in [0.1, 0.15) is 22.1 Å². The molecule has 1 aliphatic carbocycles. The van der Waals surface area contributed by atoms with Gasteiger partial charge in [-0.1, -0.05) is 0 Å². The summed E-state index contributed by atoms with van der Waals surface area (Å²) in [6.45, 7) is 2.72. The number of thiazole rings is 1. The molecule has 5 rings (SSSR count). The normalized spacial score (nSPS) is 17.3. The van der Waals surface area contributed by atoms with Crippen molar-refractivity contribution in [2.45, 2.75) is 63.0 Å². The highest BCUT2D eigenvalue weighted by Gasteiger charge is 2.29. The van der Waals surface area contributed by atoms with Gasteiger partial charge >= 0.3 is 7.60 Å². The van der Waals surface area contributed by atoms with Crippen molar-refractivity contribution in [1.29, 1.82) is 0 Å². The average Bonchev–Trinajstić information content (AvgIpc) is 3.86. The minimum Gasteiger partial charge on any atom is -0.394 e. The Kier molecular flexibility index (Phi) is 12.9. The summed E-state index contributed by atoms with van der Waals surface area (Å²) in [6.07, 6.45) is 7.77. The summed E-state index contributed by atoms with van der Waals surface area (Å²) in [5.74, 6) is -3.45. The number of amides is 1. The van der Waals surface area contributed by atoms with Crippen molar-refractivity contribution in [1.82, 2.24) is 29.5 Å². The Morgan fingerprint density at radius 2 is 1.80 bits per heavy atom. The van der Waals surface area contributed by atoms with Gasteiger partial charge in [0, 0.05) is 29.9 Å². The van der Waals surface area contributed by atoms with E-state index in [-0.39, 0.29) is 34.9 Å². The van der Waals surface area contributed by atoms with Crippen LogP contribution in [0.4, 0.5) is 14.5 Å². The quantitative estimate of drug-likeness (QED) is 0.0821. The molecule has 1 amide bonds. The van der Waals surface area contributed by atoms with Crippen LogP contribution in [0.5, 0.6) is 0 Å². The number of halogens is 2. The van der Waals surface area contributed by atoms with Gasteiger partial charge in [0.2, 0.25) is 5.95 Å². The second kappa shape index (κ2) is 16.5. The molecule has 16 nitrogen and oxygen atoms in total. The van der Waals surface area contributed by atoms with Gasteiger partial charge in [-0.2, -0.15) is 14.6 Å². The van der Waals surface area contributed by atoms with E-state index in [0.717, 1.165) is 53.8 Å². The monoisotopic (exact) mass is 728 g/mol. The van der Waals surface area contributed by atoms with Gasteiger partial charge in [0.05, 0.1) is 49.4 Å². The zero-order valence-electron chi connectivity index (χ0n) is 26.7. The van der Waals surface area contributed by atoms with Gasteiger partial charge in [-0.15, -0.1) is 11.3 Å². The number of nitrogens with one attached hydrogen (secondary N) is 1. The summed E-state index contributed by atoms with van der Waals surface area (Å²) in [6, 6.07) is 1.84. The number of ether oxygens (including phenoxy) is 1. The Bertz CT molecular complexity index is 1740. The maximum absolute atomic E-state index is 14.7. The number of aromatic nitrogens is 6. The Balaban J connectivity index is 0.000000603. The standard InChI is InChI=1S/C25H28F2N7O5PS.C4H11NO3/c1-3-39-17-6-4-16(5-7-17)34-12-19(23(32-34)22-18(26)8-9-21(27)31-22)29-24(35)20-13-41-25(30-20)15-10-28-33(11-15)14(2)40(36,37)38;5-4(1-6,2-7)3-8/h8-14,16-17H,3-7H2,1-2H3,(H,29,35)(H2,36,37,38);6-8H,1-3,5H2. The third-order valence-corrected chi connectivity index (χ3v) is 9.94. The van der Waals surface area contributed by atoms with Crippen LogP contribution < -0.4 is 11.1 Å². The van der Waals surface area contributed by atoms with E-state index in [4.69, 9.17) is 25.8 Å². The molecule has 1 saturated carbocycles. The number of nitrogens with two attached hydrogens (primary N) is 1. The topological polar surface area (TPSA) is 244 Å². The van der Waals surface area contributed by atoms with Gasteiger partial charge in [0.15, 0.2) is 11.6 Å². The van der Waals surface area contributed by atoms with E-state index in [2.05, 4.69) is 25.5 Å². The molecule has 0 spiro atoms. The van der Waals surface area contributed by atoms with Crippen LogP contribution in [0.15, 0.2) is 36.1 Å². The van der Waals surface area contributed by atoms with Crippen molar-refractivity contribution in [3.8, 4) is 22.0 Å². The fraction of sp³-hybridized carbons (Fsp3) is 0.483. The largest absolute Gasteiger partial charge is 0.394 e. The Morgan fingerprint density at radius 1 is 1.12 bits per heavy atom. The first-order valence-corrected chi connectivity index (χ1v) is 17.8.